The van der Waals surface area contributed by atoms with Crippen LogP contribution in [0.4, 0.5) is 0 Å². The minimum atomic E-state index is -1.33. The highest BCUT2D eigenvalue weighted by Crippen LogP contribution is 2.46. The van der Waals surface area contributed by atoms with E-state index in [1.807, 2.05) is 36.4 Å². The van der Waals surface area contributed by atoms with Crippen molar-refractivity contribution in [1.29, 1.82) is 0 Å². The van der Waals surface area contributed by atoms with Gasteiger partial charge in [-0.2, -0.15) is 10.1 Å². The van der Waals surface area contributed by atoms with E-state index in [1.165, 1.54) is 0 Å². The fourth-order valence-corrected chi connectivity index (χ4v) is 6.28. The SMILES string of the molecule is COc1ccc2c(OC3CC4C(=O)NC5(C(=O)O)CC5C=CCCCCN(C)C(=O)C4C3)nc(-n3cccn3)cc2c1. The van der Waals surface area contributed by atoms with Crippen LogP contribution in [-0.2, 0) is 14.4 Å². The number of allylic oxidation sites excluding steroid dienone is 1. The van der Waals surface area contributed by atoms with Gasteiger partial charge in [0.15, 0.2) is 5.82 Å². The predicted molar refractivity (Wildman–Crippen MR) is 153 cm³/mol. The van der Waals surface area contributed by atoms with Crippen molar-refractivity contribution in [2.75, 3.05) is 20.7 Å². The quantitative estimate of drug-likeness (QED) is 0.444. The molecule has 1 aliphatic heterocycles. The maximum atomic E-state index is 13.7. The lowest BCUT2D eigenvalue weighted by molar-refractivity contribution is -0.145. The summed E-state index contributed by atoms with van der Waals surface area (Å²) in [6, 6.07) is 9.28. The smallest absolute Gasteiger partial charge is 0.330 e. The summed E-state index contributed by atoms with van der Waals surface area (Å²) in [5, 5.41) is 18.7. The Kier molecular flexibility index (Phi) is 7.34. The molecule has 0 bridgehead atoms. The Morgan fingerprint density at radius 1 is 1.17 bits per heavy atom. The fraction of sp³-hybridized carbons (Fsp3) is 0.452. The molecule has 6 rings (SSSR count). The van der Waals surface area contributed by atoms with Crippen LogP contribution in [0, 0.1) is 17.8 Å². The van der Waals surface area contributed by atoms with Gasteiger partial charge in [-0.05, 0) is 74.2 Å². The second-order valence-electron chi connectivity index (χ2n) is 11.5. The third-order valence-corrected chi connectivity index (χ3v) is 8.78. The molecule has 0 spiro atoms. The van der Waals surface area contributed by atoms with E-state index in [0.717, 1.165) is 30.0 Å². The molecule has 3 aromatic rings. The molecule has 2 aromatic heterocycles. The van der Waals surface area contributed by atoms with Crippen LogP contribution in [0.1, 0.15) is 38.5 Å². The maximum Gasteiger partial charge on any atom is 0.330 e. The zero-order valence-corrected chi connectivity index (χ0v) is 23.7. The number of hydrogen-bond acceptors (Lipinski definition) is 7. The molecular formula is C31H35N5O6. The molecular weight excluding hydrogens is 538 g/mol. The molecule has 5 atom stereocenters. The average Bonchev–Trinajstić information content (AvgIpc) is 3.31. The van der Waals surface area contributed by atoms with Crippen LogP contribution >= 0.6 is 0 Å². The average molecular weight is 574 g/mol. The molecule has 1 aromatic carbocycles. The number of carboxylic acids is 1. The molecule has 5 unspecified atom stereocenters. The number of methoxy groups -OCH3 is 1. The van der Waals surface area contributed by atoms with Gasteiger partial charge in [-0.15, -0.1) is 0 Å². The van der Waals surface area contributed by atoms with Crippen LogP contribution in [-0.4, -0.2) is 74.9 Å². The highest BCUT2D eigenvalue weighted by Gasteiger charge is 2.61. The van der Waals surface area contributed by atoms with Crippen LogP contribution in [0.15, 0.2) is 54.9 Å². The second-order valence-corrected chi connectivity index (χ2v) is 11.5. The normalized spacial score (nSPS) is 28.0. The van der Waals surface area contributed by atoms with Crippen molar-refractivity contribution in [3.63, 3.8) is 0 Å². The first kappa shape index (κ1) is 27.7. The zero-order valence-electron chi connectivity index (χ0n) is 23.7. The van der Waals surface area contributed by atoms with Gasteiger partial charge >= 0.3 is 5.97 Å². The van der Waals surface area contributed by atoms with Crippen molar-refractivity contribution >= 4 is 28.6 Å². The van der Waals surface area contributed by atoms with Crippen molar-refractivity contribution in [1.82, 2.24) is 25.0 Å². The van der Waals surface area contributed by atoms with Gasteiger partial charge in [-0.1, -0.05) is 12.2 Å². The molecule has 42 heavy (non-hydrogen) atoms. The van der Waals surface area contributed by atoms with E-state index in [4.69, 9.17) is 14.5 Å². The number of hydrogen-bond donors (Lipinski definition) is 2. The lowest BCUT2D eigenvalue weighted by atomic mass is 9.93. The molecule has 3 aliphatic rings. The largest absolute Gasteiger partial charge is 0.497 e. The van der Waals surface area contributed by atoms with Crippen molar-refractivity contribution in [2.45, 2.75) is 50.2 Å². The monoisotopic (exact) mass is 573 g/mol. The van der Waals surface area contributed by atoms with Crippen LogP contribution in [0.25, 0.3) is 16.6 Å². The fourth-order valence-electron chi connectivity index (χ4n) is 6.28. The highest BCUT2D eigenvalue weighted by atomic mass is 16.5. The third kappa shape index (κ3) is 5.19. The van der Waals surface area contributed by atoms with Gasteiger partial charge in [-0.3, -0.25) is 9.59 Å². The summed E-state index contributed by atoms with van der Waals surface area (Å²) < 4.78 is 13.6. The molecule has 2 fully saturated rings. The molecule has 11 heteroatoms. The molecule has 0 radical (unpaired) electrons. The molecule has 220 valence electrons. The van der Waals surface area contributed by atoms with Crippen LogP contribution < -0.4 is 14.8 Å². The highest BCUT2D eigenvalue weighted by molar-refractivity contribution is 5.94. The first-order valence-corrected chi connectivity index (χ1v) is 14.4. The minimum Gasteiger partial charge on any atom is -0.497 e. The van der Waals surface area contributed by atoms with Crippen molar-refractivity contribution in [2.24, 2.45) is 17.8 Å². The number of carboxylic acid groups (broad SMARTS) is 1. The Morgan fingerprint density at radius 2 is 2.00 bits per heavy atom. The number of amides is 2. The van der Waals surface area contributed by atoms with Crippen molar-refractivity contribution < 1.29 is 29.0 Å². The Balaban J connectivity index is 1.32. The molecule has 2 saturated carbocycles. The number of nitrogens with one attached hydrogen (secondary N) is 1. The van der Waals surface area contributed by atoms with E-state index >= 15 is 0 Å². The number of ether oxygens (including phenoxy) is 2. The van der Waals surface area contributed by atoms with Gasteiger partial charge in [0.1, 0.15) is 17.4 Å². The van der Waals surface area contributed by atoms with Gasteiger partial charge in [0, 0.05) is 37.3 Å². The number of nitrogens with zero attached hydrogens (tertiary/aromatic N) is 4. The van der Waals surface area contributed by atoms with E-state index in [2.05, 4.69) is 10.4 Å². The van der Waals surface area contributed by atoms with Gasteiger partial charge in [-0.25, -0.2) is 9.48 Å². The number of fused-ring (bicyclic) bond motifs is 3. The lowest BCUT2D eigenvalue weighted by Crippen LogP contribution is -2.49. The topological polar surface area (TPSA) is 136 Å². The zero-order chi connectivity index (χ0) is 29.4. The number of rotatable bonds is 5. The Bertz CT molecular complexity index is 1540. The van der Waals surface area contributed by atoms with Gasteiger partial charge in [0.05, 0.1) is 18.9 Å². The first-order chi connectivity index (χ1) is 20.3. The minimum absolute atomic E-state index is 0.126. The van der Waals surface area contributed by atoms with E-state index < -0.39 is 35.4 Å². The molecule has 2 N–H and O–H groups in total. The summed E-state index contributed by atoms with van der Waals surface area (Å²) in [6.07, 6.45) is 10.3. The molecule has 3 heterocycles. The van der Waals surface area contributed by atoms with Crippen LogP contribution in [0.3, 0.4) is 0 Å². The van der Waals surface area contributed by atoms with E-state index in [-0.39, 0.29) is 18.2 Å². The Morgan fingerprint density at radius 3 is 2.76 bits per heavy atom. The molecule has 11 nitrogen and oxygen atoms in total. The number of aliphatic carboxylic acids is 1. The lowest BCUT2D eigenvalue weighted by Gasteiger charge is -2.26. The van der Waals surface area contributed by atoms with E-state index in [1.54, 1.807) is 42.2 Å². The van der Waals surface area contributed by atoms with Crippen LogP contribution in [0.2, 0.25) is 0 Å². The van der Waals surface area contributed by atoms with Crippen molar-refractivity contribution in [3.05, 3.63) is 54.9 Å². The Labute approximate surface area is 243 Å². The number of pyridine rings is 1. The maximum absolute atomic E-state index is 13.7. The third-order valence-electron chi connectivity index (χ3n) is 8.78. The molecule has 2 amide bonds. The van der Waals surface area contributed by atoms with E-state index in [9.17, 15) is 19.5 Å². The number of carbonyl (C=O) groups is 3. The van der Waals surface area contributed by atoms with Gasteiger partial charge < -0.3 is 24.8 Å². The number of aromatic nitrogens is 3. The first-order valence-electron chi connectivity index (χ1n) is 14.4. The standard InChI is InChI=1S/C31H35N5O6/c1-35-12-6-4-3-5-8-20-18-31(20,30(39)40)34-27(37)24-16-22(17-25(24)29(35)38)42-28-23-10-9-21(41-2)14-19(23)15-26(33-28)36-13-7-11-32-36/h5,7-11,13-15,20,22,24-25H,3-4,6,12,16-18H2,1-2H3,(H,34,37)(H,39,40). The summed E-state index contributed by atoms with van der Waals surface area (Å²) in [5.74, 6) is -1.62. The van der Waals surface area contributed by atoms with Gasteiger partial charge in [0.25, 0.3) is 0 Å². The predicted octanol–water partition coefficient (Wildman–Crippen LogP) is 3.36. The molecule has 2 aliphatic carbocycles. The summed E-state index contributed by atoms with van der Waals surface area (Å²) in [5.41, 5.74) is -1.33. The molecule has 0 saturated heterocycles. The van der Waals surface area contributed by atoms with Crippen LogP contribution in [0.5, 0.6) is 11.6 Å². The summed E-state index contributed by atoms with van der Waals surface area (Å²) in [7, 11) is 3.37. The Hall–Kier alpha value is -4.41. The van der Waals surface area contributed by atoms with Gasteiger partial charge in [0.2, 0.25) is 17.7 Å². The summed E-state index contributed by atoms with van der Waals surface area (Å²) in [6.45, 7) is 0.589. The van der Waals surface area contributed by atoms with Crippen molar-refractivity contribution in [3.8, 4) is 17.4 Å². The number of benzene rings is 1. The summed E-state index contributed by atoms with van der Waals surface area (Å²) >= 11 is 0. The summed E-state index contributed by atoms with van der Waals surface area (Å²) in [4.78, 5) is 46.0. The second kappa shape index (κ2) is 11.1. The van der Waals surface area contributed by atoms with E-state index in [0.29, 0.717) is 36.8 Å². The number of carbonyl (C=O) groups excluding carboxylic acids is 2.